The fourth-order valence-electron chi connectivity index (χ4n) is 1.78. The zero-order valence-electron chi connectivity index (χ0n) is 13.4. The van der Waals surface area contributed by atoms with Crippen LogP contribution < -0.4 is 10.0 Å². The van der Waals surface area contributed by atoms with E-state index in [0.717, 1.165) is 17.0 Å². The van der Waals surface area contributed by atoms with Gasteiger partial charge in [0.15, 0.2) is 5.76 Å². The van der Waals surface area contributed by atoms with Crippen LogP contribution >= 0.6 is 0 Å². The number of furan rings is 1. The van der Waals surface area contributed by atoms with E-state index in [9.17, 15) is 22.8 Å². The molecule has 0 bridgehead atoms. The molecule has 1 heterocycles. The molecule has 1 aromatic heterocycles. The molecule has 11 heteroatoms. The predicted molar refractivity (Wildman–Crippen MR) is 81.8 cm³/mol. The van der Waals surface area contributed by atoms with Crippen LogP contribution in [0.4, 0.5) is 0 Å². The number of hydrogen-bond acceptors (Lipinski definition) is 6. The zero-order chi connectivity index (χ0) is 18.5. The third-order valence-corrected chi connectivity index (χ3v) is 4.42. The van der Waals surface area contributed by atoms with Gasteiger partial charge < -0.3 is 19.7 Å². The molecule has 0 aliphatic rings. The van der Waals surface area contributed by atoms with E-state index in [2.05, 4.69) is 5.32 Å². The predicted octanol–water partition coefficient (Wildman–Crippen LogP) is -0.761. The van der Waals surface area contributed by atoms with E-state index in [0.29, 0.717) is 0 Å². The molecule has 1 atom stereocenters. The summed E-state index contributed by atoms with van der Waals surface area (Å²) in [6.45, 7) is 2.54. The standard InChI is InChI=1S/C13H19N3O7S/c1-8(13(19)20)16(7-6-15-9(2)17)12(18)10-4-5-11(23-10)24(21,22)14-3/h4-5,8,14H,6-7H2,1-3H3,(H,15,17)(H,19,20). The number of hydrogen-bond donors (Lipinski definition) is 3. The molecular weight excluding hydrogens is 342 g/mol. The number of aliphatic carboxylic acids is 1. The van der Waals surface area contributed by atoms with Crippen LogP contribution in [0.1, 0.15) is 24.4 Å². The molecule has 0 saturated carbocycles. The van der Waals surface area contributed by atoms with Gasteiger partial charge >= 0.3 is 5.97 Å². The first kappa shape index (κ1) is 19.6. The number of carbonyl (C=O) groups is 3. The van der Waals surface area contributed by atoms with Gasteiger partial charge in [-0.2, -0.15) is 0 Å². The summed E-state index contributed by atoms with van der Waals surface area (Å²) in [4.78, 5) is 35.5. The maximum Gasteiger partial charge on any atom is 0.326 e. The summed E-state index contributed by atoms with van der Waals surface area (Å²) < 4.78 is 30.3. The van der Waals surface area contributed by atoms with Crippen LogP contribution in [0.25, 0.3) is 0 Å². The van der Waals surface area contributed by atoms with Gasteiger partial charge in [-0.3, -0.25) is 9.59 Å². The summed E-state index contributed by atoms with van der Waals surface area (Å²) in [7, 11) is -2.68. The van der Waals surface area contributed by atoms with E-state index in [1.165, 1.54) is 20.9 Å². The summed E-state index contributed by atoms with van der Waals surface area (Å²) in [5, 5.41) is 11.1. The number of amides is 2. The Kier molecular flexibility index (Phi) is 6.49. The molecule has 134 valence electrons. The quantitative estimate of drug-likeness (QED) is 0.551. The minimum absolute atomic E-state index is 0.0427. The lowest BCUT2D eigenvalue weighted by atomic mass is 10.2. The maximum absolute atomic E-state index is 12.4. The molecule has 0 fully saturated rings. The molecule has 0 aromatic carbocycles. The van der Waals surface area contributed by atoms with Crippen molar-refractivity contribution < 1.29 is 32.3 Å². The lowest BCUT2D eigenvalue weighted by molar-refractivity contribution is -0.141. The second-order valence-electron chi connectivity index (χ2n) is 4.82. The first-order valence-corrected chi connectivity index (χ1v) is 8.40. The molecular formula is C13H19N3O7S. The van der Waals surface area contributed by atoms with E-state index in [-0.39, 0.29) is 24.8 Å². The van der Waals surface area contributed by atoms with E-state index < -0.39 is 33.0 Å². The molecule has 0 aliphatic heterocycles. The van der Waals surface area contributed by atoms with Crippen LogP contribution in [0, 0.1) is 0 Å². The van der Waals surface area contributed by atoms with E-state index in [1.807, 2.05) is 4.72 Å². The number of carboxylic acids is 1. The van der Waals surface area contributed by atoms with Crippen molar-refractivity contribution in [2.75, 3.05) is 20.1 Å². The van der Waals surface area contributed by atoms with Crippen LogP contribution in [-0.4, -0.2) is 62.4 Å². The van der Waals surface area contributed by atoms with Gasteiger partial charge in [0.05, 0.1) is 0 Å². The number of carbonyl (C=O) groups excluding carboxylic acids is 2. The highest BCUT2D eigenvalue weighted by Crippen LogP contribution is 2.16. The monoisotopic (exact) mass is 361 g/mol. The second kappa shape index (κ2) is 7.93. The smallest absolute Gasteiger partial charge is 0.326 e. The molecule has 1 rings (SSSR count). The SMILES string of the molecule is CNS(=O)(=O)c1ccc(C(=O)N(CCNC(C)=O)C(C)C(=O)O)o1. The highest BCUT2D eigenvalue weighted by molar-refractivity contribution is 7.89. The molecule has 1 unspecified atom stereocenters. The van der Waals surface area contributed by atoms with Crippen molar-refractivity contribution in [2.24, 2.45) is 0 Å². The Hall–Kier alpha value is -2.40. The highest BCUT2D eigenvalue weighted by atomic mass is 32.2. The molecule has 0 radical (unpaired) electrons. The molecule has 10 nitrogen and oxygen atoms in total. The summed E-state index contributed by atoms with van der Waals surface area (Å²) in [6, 6.07) is 1.05. The Labute approximate surface area is 138 Å². The Morgan fingerprint density at radius 2 is 1.96 bits per heavy atom. The summed E-state index contributed by atoms with van der Waals surface area (Å²) in [5.74, 6) is -2.70. The average molecular weight is 361 g/mol. The Morgan fingerprint density at radius 1 is 1.33 bits per heavy atom. The average Bonchev–Trinajstić information content (AvgIpc) is 3.00. The fourth-order valence-corrected chi connectivity index (χ4v) is 2.43. The lowest BCUT2D eigenvalue weighted by Gasteiger charge is -2.25. The Bertz CT molecular complexity index is 726. The zero-order valence-corrected chi connectivity index (χ0v) is 14.2. The van der Waals surface area contributed by atoms with Crippen molar-refractivity contribution in [1.29, 1.82) is 0 Å². The van der Waals surface area contributed by atoms with Crippen molar-refractivity contribution in [3.63, 3.8) is 0 Å². The summed E-state index contributed by atoms with van der Waals surface area (Å²) in [5.41, 5.74) is 0. The topological polar surface area (TPSA) is 146 Å². The molecule has 0 saturated heterocycles. The van der Waals surface area contributed by atoms with Crippen molar-refractivity contribution >= 4 is 27.8 Å². The summed E-state index contributed by atoms with van der Waals surface area (Å²) >= 11 is 0. The van der Waals surface area contributed by atoms with Gasteiger partial charge in [-0.25, -0.2) is 17.9 Å². The lowest BCUT2D eigenvalue weighted by Crippen LogP contribution is -2.46. The Balaban J connectivity index is 3.03. The maximum atomic E-state index is 12.4. The molecule has 2 amide bonds. The van der Waals surface area contributed by atoms with Gasteiger partial charge in [0.25, 0.3) is 15.9 Å². The molecule has 1 aromatic rings. The number of carboxylic acid groups (broad SMARTS) is 1. The second-order valence-corrected chi connectivity index (χ2v) is 6.64. The van der Waals surface area contributed by atoms with Crippen molar-refractivity contribution in [3.8, 4) is 0 Å². The number of nitrogens with zero attached hydrogens (tertiary/aromatic N) is 1. The van der Waals surface area contributed by atoms with E-state index >= 15 is 0 Å². The van der Waals surface area contributed by atoms with Crippen molar-refractivity contribution in [1.82, 2.24) is 14.9 Å². The van der Waals surface area contributed by atoms with Gasteiger partial charge in [-0.05, 0) is 26.1 Å². The fraction of sp³-hybridized carbons (Fsp3) is 0.462. The number of nitrogens with one attached hydrogen (secondary N) is 2. The first-order chi connectivity index (χ1) is 11.1. The number of rotatable bonds is 8. The van der Waals surface area contributed by atoms with Crippen LogP contribution in [0.2, 0.25) is 0 Å². The largest absolute Gasteiger partial charge is 0.480 e. The van der Waals surface area contributed by atoms with Crippen LogP contribution in [0.5, 0.6) is 0 Å². The molecule has 0 spiro atoms. The minimum Gasteiger partial charge on any atom is -0.480 e. The third kappa shape index (κ3) is 4.80. The number of sulfonamides is 1. The van der Waals surface area contributed by atoms with Crippen LogP contribution in [0.3, 0.4) is 0 Å². The summed E-state index contributed by atoms with van der Waals surface area (Å²) in [6.07, 6.45) is 0. The van der Waals surface area contributed by atoms with Gasteiger partial charge in [0, 0.05) is 20.0 Å². The van der Waals surface area contributed by atoms with Crippen LogP contribution in [-0.2, 0) is 19.6 Å². The van der Waals surface area contributed by atoms with Gasteiger partial charge in [-0.15, -0.1) is 0 Å². The normalized spacial score (nSPS) is 12.5. The van der Waals surface area contributed by atoms with E-state index in [1.54, 1.807) is 0 Å². The third-order valence-electron chi connectivity index (χ3n) is 3.14. The van der Waals surface area contributed by atoms with Crippen molar-refractivity contribution in [2.45, 2.75) is 25.0 Å². The minimum atomic E-state index is -3.86. The van der Waals surface area contributed by atoms with Crippen LogP contribution in [0.15, 0.2) is 21.6 Å². The molecule has 0 aliphatic carbocycles. The Morgan fingerprint density at radius 3 is 2.46 bits per heavy atom. The van der Waals surface area contributed by atoms with Gasteiger partial charge in [-0.1, -0.05) is 0 Å². The molecule has 3 N–H and O–H groups in total. The first-order valence-electron chi connectivity index (χ1n) is 6.91. The van der Waals surface area contributed by atoms with Gasteiger partial charge in [0.1, 0.15) is 6.04 Å². The molecule has 24 heavy (non-hydrogen) atoms. The van der Waals surface area contributed by atoms with Gasteiger partial charge in [0.2, 0.25) is 11.0 Å². The highest BCUT2D eigenvalue weighted by Gasteiger charge is 2.29. The van der Waals surface area contributed by atoms with E-state index in [4.69, 9.17) is 9.52 Å². The van der Waals surface area contributed by atoms with Crippen molar-refractivity contribution in [3.05, 3.63) is 17.9 Å².